The van der Waals surface area contributed by atoms with Crippen LogP contribution in [0.1, 0.15) is 52.4 Å². The van der Waals surface area contributed by atoms with Gasteiger partial charge >= 0.3 is 0 Å². The normalized spacial score (nSPS) is 32.8. The van der Waals surface area contributed by atoms with Crippen LogP contribution in [0.4, 0.5) is 0 Å². The fourth-order valence-electron chi connectivity index (χ4n) is 3.78. The topological polar surface area (TPSA) is 15.3 Å². The molecule has 1 saturated heterocycles. The smallest absolute Gasteiger partial charge is 0.0197 e. The van der Waals surface area contributed by atoms with Crippen LogP contribution < -0.4 is 5.32 Å². The van der Waals surface area contributed by atoms with E-state index in [-0.39, 0.29) is 0 Å². The molecule has 2 nitrogen and oxygen atoms in total. The summed E-state index contributed by atoms with van der Waals surface area (Å²) in [5.74, 6) is 1.87. The third kappa shape index (κ3) is 4.26. The molecule has 2 aliphatic rings. The average molecular weight is 238 g/mol. The molecule has 1 heterocycles. The van der Waals surface area contributed by atoms with Gasteiger partial charge < -0.3 is 10.2 Å². The summed E-state index contributed by atoms with van der Waals surface area (Å²) in [5.41, 5.74) is 0. The molecule has 0 amide bonds. The largest absolute Gasteiger partial charge is 0.313 e. The van der Waals surface area contributed by atoms with Gasteiger partial charge in [-0.25, -0.2) is 0 Å². The Hall–Kier alpha value is -0.0800. The number of piperidine rings is 1. The Balaban J connectivity index is 1.78. The standard InChI is InChI=1S/C15H30N2/c1-3-16-15-9-13(2)10-17(12-15)11-14-7-5-4-6-8-14/h13-16H,3-12H2,1-2H3. The van der Waals surface area contributed by atoms with Gasteiger partial charge in [0.05, 0.1) is 0 Å². The zero-order valence-electron chi connectivity index (χ0n) is 11.8. The van der Waals surface area contributed by atoms with Crippen LogP contribution >= 0.6 is 0 Å². The predicted octanol–water partition coefficient (Wildman–Crippen LogP) is 2.89. The molecule has 0 spiro atoms. The van der Waals surface area contributed by atoms with Crippen LogP contribution in [0.15, 0.2) is 0 Å². The number of hydrogen-bond acceptors (Lipinski definition) is 2. The Morgan fingerprint density at radius 3 is 2.59 bits per heavy atom. The van der Waals surface area contributed by atoms with E-state index in [0.717, 1.165) is 24.4 Å². The molecule has 0 bridgehead atoms. The lowest BCUT2D eigenvalue weighted by atomic mass is 9.87. The Morgan fingerprint density at radius 2 is 1.88 bits per heavy atom. The highest BCUT2D eigenvalue weighted by Gasteiger charge is 2.26. The first-order valence-corrected chi connectivity index (χ1v) is 7.73. The van der Waals surface area contributed by atoms with Crippen LogP contribution in [-0.4, -0.2) is 37.1 Å². The fraction of sp³-hybridized carbons (Fsp3) is 1.00. The second-order valence-electron chi connectivity index (χ2n) is 6.32. The lowest BCUT2D eigenvalue weighted by molar-refractivity contribution is 0.120. The third-order valence-electron chi connectivity index (χ3n) is 4.47. The summed E-state index contributed by atoms with van der Waals surface area (Å²) in [6, 6.07) is 0.743. The molecule has 2 heteroatoms. The van der Waals surface area contributed by atoms with Crippen molar-refractivity contribution in [2.45, 2.75) is 58.4 Å². The van der Waals surface area contributed by atoms with Gasteiger partial charge in [0.25, 0.3) is 0 Å². The minimum atomic E-state index is 0.743. The van der Waals surface area contributed by atoms with Crippen molar-refractivity contribution in [2.75, 3.05) is 26.2 Å². The number of likely N-dealkylation sites (tertiary alicyclic amines) is 1. The van der Waals surface area contributed by atoms with Crippen LogP contribution in [0.25, 0.3) is 0 Å². The molecular formula is C15H30N2. The molecule has 100 valence electrons. The van der Waals surface area contributed by atoms with Crippen molar-refractivity contribution < 1.29 is 0 Å². The Labute approximate surface area is 107 Å². The third-order valence-corrected chi connectivity index (χ3v) is 4.47. The van der Waals surface area contributed by atoms with E-state index in [4.69, 9.17) is 0 Å². The second kappa shape index (κ2) is 6.75. The lowest BCUT2D eigenvalue weighted by Crippen LogP contribution is -2.49. The van der Waals surface area contributed by atoms with Gasteiger partial charge in [-0.2, -0.15) is 0 Å². The minimum Gasteiger partial charge on any atom is -0.313 e. The van der Waals surface area contributed by atoms with E-state index in [2.05, 4.69) is 24.1 Å². The second-order valence-corrected chi connectivity index (χ2v) is 6.32. The number of nitrogens with zero attached hydrogens (tertiary/aromatic N) is 1. The van der Waals surface area contributed by atoms with E-state index in [1.165, 1.54) is 58.2 Å². The molecule has 1 aliphatic carbocycles. The zero-order valence-corrected chi connectivity index (χ0v) is 11.8. The van der Waals surface area contributed by atoms with Crippen LogP contribution in [0, 0.1) is 11.8 Å². The first kappa shape index (κ1) is 13.4. The first-order chi connectivity index (χ1) is 8.28. The maximum Gasteiger partial charge on any atom is 0.0197 e. The lowest BCUT2D eigenvalue weighted by Gasteiger charge is -2.39. The van der Waals surface area contributed by atoms with Gasteiger partial charge in [-0.1, -0.05) is 33.1 Å². The molecule has 0 aromatic rings. The molecule has 0 radical (unpaired) electrons. The minimum absolute atomic E-state index is 0.743. The van der Waals surface area contributed by atoms with Gasteiger partial charge in [-0.05, 0) is 37.6 Å². The van der Waals surface area contributed by atoms with Crippen molar-refractivity contribution in [3.8, 4) is 0 Å². The van der Waals surface area contributed by atoms with Crippen LogP contribution in [-0.2, 0) is 0 Å². The number of rotatable bonds is 4. The van der Waals surface area contributed by atoms with Gasteiger partial charge in [0, 0.05) is 25.7 Å². The summed E-state index contributed by atoms with van der Waals surface area (Å²) in [6.45, 7) is 9.75. The molecule has 1 aliphatic heterocycles. The van der Waals surface area contributed by atoms with E-state index in [0.29, 0.717) is 0 Å². The molecule has 0 aromatic heterocycles. The summed E-state index contributed by atoms with van der Waals surface area (Å²) in [5, 5.41) is 3.64. The molecule has 1 saturated carbocycles. The molecule has 2 unspecified atom stereocenters. The number of hydrogen-bond donors (Lipinski definition) is 1. The summed E-state index contributed by atoms with van der Waals surface area (Å²) in [6.07, 6.45) is 8.77. The number of nitrogens with one attached hydrogen (secondary N) is 1. The fourth-order valence-corrected chi connectivity index (χ4v) is 3.78. The van der Waals surface area contributed by atoms with E-state index < -0.39 is 0 Å². The SMILES string of the molecule is CCNC1CC(C)CN(CC2CCCCC2)C1. The Morgan fingerprint density at radius 1 is 1.12 bits per heavy atom. The molecule has 2 fully saturated rings. The summed E-state index contributed by atoms with van der Waals surface area (Å²) < 4.78 is 0. The summed E-state index contributed by atoms with van der Waals surface area (Å²) in [4.78, 5) is 2.73. The maximum absolute atomic E-state index is 3.64. The monoisotopic (exact) mass is 238 g/mol. The van der Waals surface area contributed by atoms with Crippen molar-refractivity contribution in [2.24, 2.45) is 11.8 Å². The number of likely N-dealkylation sites (N-methyl/N-ethyl adjacent to an activating group) is 1. The molecule has 17 heavy (non-hydrogen) atoms. The van der Waals surface area contributed by atoms with Crippen molar-refractivity contribution in [1.82, 2.24) is 10.2 Å². The molecule has 2 atom stereocenters. The van der Waals surface area contributed by atoms with Crippen molar-refractivity contribution in [1.29, 1.82) is 0 Å². The zero-order chi connectivity index (χ0) is 12.1. The van der Waals surface area contributed by atoms with Crippen LogP contribution in [0.3, 0.4) is 0 Å². The van der Waals surface area contributed by atoms with E-state index in [1.807, 2.05) is 0 Å². The van der Waals surface area contributed by atoms with Gasteiger partial charge in [-0.3, -0.25) is 0 Å². The van der Waals surface area contributed by atoms with E-state index >= 15 is 0 Å². The predicted molar refractivity (Wildman–Crippen MR) is 74.3 cm³/mol. The van der Waals surface area contributed by atoms with Gasteiger partial charge in [0.1, 0.15) is 0 Å². The quantitative estimate of drug-likeness (QED) is 0.810. The van der Waals surface area contributed by atoms with E-state index in [1.54, 1.807) is 0 Å². The van der Waals surface area contributed by atoms with Gasteiger partial charge in [0.15, 0.2) is 0 Å². The highest BCUT2D eigenvalue weighted by Crippen LogP contribution is 2.26. The van der Waals surface area contributed by atoms with Crippen molar-refractivity contribution >= 4 is 0 Å². The first-order valence-electron chi connectivity index (χ1n) is 7.73. The van der Waals surface area contributed by atoms with Crippen LogP contribution in [0.2, 0.25) is 0 Å². The van der Waals surface area contributed by atoms with Gasteiger partial charge in [-0.15, -0.1) is 0 Å². The highest BCUT2D eigenvalue weighted by atomic mass is 15.2. The highest BCUT2D eigenvalue weighted by molar-refractivity contribution is 4.83. The molecular weight excluding hydrogens is 208 g/mol. The van der Waals surface area contributed by atoms with Crippen molar-refractivity contribution in [3.05, 3.63) is 0 Å². The summed E-state index contributed by atoms with van der Waals surface area (Å²) in [7, 11) is 0. The molecule has 1 N–H and O–H groups in total. The van der Waals surface area contributed by atoms with E-state index in [9.17, 15) is 0 Å². The Bertz CT molecular complexity index is 211. The van der Waals surface area contributed by atoms with Gasteiger partial charge in [0.2, 0.25) is 0 Å². The van der Waals surface area contributed by atoms with Crippen LogP contribution in [0.5, 0.6) is 0 Å². The maximum atomic E-state index is 3.64. The molecule has 0 aromatic carbocycles. The average Bonchev–Trinajstić information content (AvgIpc) is 2.30. The summed E-state index contributed by atoms with van der Waals surface area (Å²) >= 11 is 0. The molecule has 2 rings (SSSR count). The van der Waals surface area contributed by atoms with Crippen molar-refractivity contribution in [3.63, 3.8) is 0 Å². The Kier molecular flexibility index (Phi) is 5.30.